The molecule has 4 nitrogen and oxygen atoms in total. The Balaban J connectivity index is 2.96. The maximum Gasteiger partial charge on any atom is 0.161 e. The molecule has 0 radical (unpaired) electrons. The standard InChI is InChI=1S/C13H21NO3/c1-9(2)14-11(8-15)10-5-6-12(16-3)13(7-10)17-4/h5-7,9,11,14-15H,8H2,1-4H3. The smallest absolute Gasteiger partial charge is 0.161 e. The molecule has 1 aromatic carbocycles. The summed E-state index contributed by atoms with van der Waals surface area (Å²) in [4.78, 5) is 0. The first-order valence-electron chi connectivity index (χ1n) is 5.71. The van der Waals surface area contributed by atoms with E-state index < -0.39 is 0 Å². The molecule has 0 aliphatic heterocycles. The highest BCUT2D eigenvalue weighted by Crippen LogP contribution is 2.29. The van der Waals surface area contributed by atoms with E-state index in [-0.39, 0.29) is 12.6 Å². The molecule has 0 aliphatic rings. The Morgan fingerprint density at radius 2 is 1.82 bits per heavy atom. The first-order valence-corrected chi connectivity index (χ1v) is 5.71. The van der Waals surface area contributed by atoms with Crippen molar-refractivity contribution < 1.29 is 14.6 Å². The second kappa shape index (κ2) is 6.47. The van der Waals surface area contributed by atoms with Crippen LogP contribution in [-0.4, -0.2) is 32.0 Å². The van der Waals surface area contributed by atoms with Gasteiger partial charge < -0.3 is 19.9 Å². The summed E-state index contributed by atoms with van der Waals surface area (Å²) < 4.78 is 10.4. The fourth-order valence-electron chi connectivity index (χ4n) is 1.73. The van der Waals surface area contributed by atoms with E-state index in [1.807, 2.05) is 32.0 Å². The zero-order valence-corrected chi connectivity index (χ0v) is 10.9. The number of hydrogen-bond donors (Lipinski definition) is 2. The summed E-state index contributed by atoms with van der Waals surface area (Å²) in [6.45, 7) is 4.14. The molecule has 0 bridgehead atoms. The molecule has 0 saturated carbocycles. The van der Waals surface area contributed by atoms with E-state index in [4.69, 9.17) is 9.47 Å². The van der Waals surface area contributed by atoms with E-state index in [0.717, 1.165) is 5.56 Å². The lowest BCUT2D eigenvalue weighted by Crippen LogP contribution is -2.30. The van der Waals surface area contributed by atoms with Crippen LogP contribution in [0.4, 0.5) is 0 Å². The van der Waals surface area contributed by atoms with Crippen LogP contribution in [0.5, 0.6) is 11.5 Å². The van der Waals surface area contributed by atoms with Crippen molar-refractivity contribution in [2.45, 2.75) is 25.9 Å². The summed E-state index contributed by atoms with van der Waals surface area (Å²) in [5, 5.41) is 12.7. The molecular formula is C13H21NO3. The Bertz CT molecular complexity index is 353. The van der Waals surface area contributed by atoms with Crippen molar-refractivity contribution in [2.24, 2.45) is 0 Å². The second-order valence-corrected chi connectivity index (χ2v) is 4.17. The molecule has 1 aromatic rings. The molecule has 0 heterocycles. The third kappa shape index (κ3) is 3.61. The van der Waals surface area contributed by atoms with E-state index >= 15 is 0 Å². The topological polar surface area (TPSA) is 50.7 Å². The Morgan fingerprint density at radius 1 is 1.18 bits per heavy atom. The van der Waals surface area contributed by atoms with Gasteiger partial charge in [0.2, 0.25) is 0 Å². The summed E-state index contributed by atoms with van der Waals surface area (Å²) in [6.07, 6.45) is 0. The zero-order valence-electron chi connectivity index (χ0n) is 10.9. The van der Waals surface area contributed by atoms with Gasteiger partial charge in [-0.1, -0.05) is 19.9 Å². The number of benzene rings is 1. The average molecular weight is 239 g/mol. The van der Waals surface area contributed by atoms with Crippen LogP contribution < -0.4 is 14.8 Å². The molecule has 0 fully saturated rings. The molecule has 0 aliphatic carbocycles. The Kier molecular flexibility index (Phi) is 5.25. The Morgan fingerprint density at radius 3 is 2.29 bits per heavy atom. The molecule has 17 heavy (non-hydrogen) atoms. The average Bonchev–Trinajstić information content (AvgIpc) is 2.34. The van der Waals surface area contributed by atoms with Crippen LogP contribution in [0.1, 0.15) is 25.5 Å². The number of aliphatic hydroxyl groups excluding tert-OH is 1. The van der Waals surface area contributed by atoms with Gasteiger partial charge in [-0.2, -0.15) is 0 Å². The molecule has 0 saturated heterocycles. The molecule has 0 spiro atoms. The fourth-order valence-corrected chi connectivity index (χ4v) is 1.73. The predicted molar refractivity (Wildman–Crippen MR) is 67.6 cm³/mol. The molecule has 4 heteroatoms. The summed E-state index contributed by atoms with van der Waals surface area (Å²) >= 11 is 0. The largest absolute Gasteiger partial charge is 0.493 e. The van der Waals surface area contributed by atoms with Crippen LogP contribution in [0.25, 0.3) is 0 Å². The lowest BCUT2D eigenvalue weighted by atomic mass is 10.1. The van der Waals surface area contributed by atoms with Crippen LogP contribution in [0, 0.1) is 0 Å². The van der Waals surface area contributed by atoms with Gasteiger partial charge in [-0.05, 0) is 17.7 Å². The van der Waals surface area contributed by atoms with Gasteiger partial charge >= 0.3 is 0 Å². The van der Waals surface area contributed by atoms with Crippen molar-refractivity contribution in [3.05, 3.63) is 23.8 Å². The van der Waals surface area contributed by atoms with E-state index in [9.17, 15) is 5.11 Å². The fraction of sp³-hybridized carbons (Fsp3) is 0.538. The number of aliphatic hydroxyl groups is 1. The minimum Gasteiger partial charge on any atom is -0.493 e. The van der Waals surface area contributed by atoms with Gasteiger partial charge in [-0.25, -0.2) is 0 Å². The van der Waals surface area contributed by atoms with Crippen molar-refractivity contribution in [1.82, 2.24) is 5.32 Å². The van der Waals surface area contributed by atoms with Crippen molar-refractivity contribution >= 4 is 0 Å². The van der Waals surface area contributed by atoms with Gasteiger partial charge in [-0.3, -0.25) is 0 Å². The van der Waals surface area contributed by atoms with Crippen molar-refractivity contribution in [3.8, 4) is 11.5 Å². The van der Waals surface area contributed by atoms with Crippen LogP contribution in [0.15, 0.2) is 18.2 Å². The zero-order chi connectivity index (χ0) is 12.8. The van der Waals surface area contributed by atoms with E-state index in [1.54, 1.807) is 14.2 Å². The molecule has 1 atom stereocenters. The minimum atomic E-state index is -0.0881. The van der Waals surface area contributed by atoms with Crippen LogP contribution in [0.3, 0.4) is 0 Å². The Hall–Kier alpha value is -1.26. The molecular weight excluding hydrogens is 218 g/mol. The maximum absolute atomic E-state index is 9.38. The Labute approximate surface area is 103 Å². The molecule has 1 rings (SSSR count). The lowest BCUT2D eigenvalue weighted by molar-refractivity contribution is 0.237. The number of ether oxygens (including phenoxy) is 2. The highest BCUT2D eigenvalue weighted by molar-refractivity contribution is 5.43. The maximum atomic E-state index is 9.38. The first kappa shape index (κ1) is 13.8. The third-order valence-corrected chi connectivity index (χ3v) is 2.53. The number of nitrogens with one attached hydrogen (secondary N) is 1. The van der Waals surface area contributed by atoms with Gasteiger partial charge in [0.1, 0.15) is 0 Å². The van der Waals surface area contributed by atoms with Gasteiger partial charge in [-0.15, -0.1) is 0 Å². The summed E-state index contributed by atoms with van der Waals surface area (Å²) in [5.41, 5.74) is 0.985. The van der Waals surface area contributed by atoms with E-state index in [2.05, 4.69) is 5.32 Å². The van der Waals surface area contributed by atoms with E-state index in [0.29, 0.717) is 17.5 Å². The number of hydrogen-bond acceptors (Lipinski definition) is 4. The third-order valence-electron chi connectivity index (χ3n) is 2.53. The van der Waals surface area contributed by atoms with Crippen molar-refractivity contribution in [3.63, 3.8) is 0 Å². The molecule has 96 valence electrons. The summed E-state index contributed by atoms with van der Waals surface area (Å²) in [7, 11) is 3.21. The SMILES string of the molecule is COc1ccc(C(CO)NC(C)C)cc1OC. The van der Waals surface area contributed by atoms with Crippen molar-refractivity contribution in [1.29, 1.82) is 0 Å². The van der Waals surface area contributed by atoms with Crippen LogP contribution >= 0.6 is 0 Å². The summed E-state index contributed by atoms with van der Waals surface area (Å²) in [5.74, 6) is 1.37. The molecule has 0 aromatic heterocycles. The molecule has 2 N–H and O–H groups in total. The van der Waals surface area contributed by atoms with Crippen LogP contribution in [-0.2, 0) is 0 Å². The lowest BCUT2D eigenvalue weighted by Gasteiger charge is -2.20. The highest BCUT2D eigenvalue weighted by atomic mass is 16.5. The predicted octanol–water partition coefficient (Wildman–Crippen LogP) is 1.74. The van der Waals surface area contributed by atoms with Gasteiger partial charge in [0.05, 0.1) is 26.9 Å². The normalized spacial score (nSPS) is 12.6. The van der Waals surface area contributed by atoms with Gasteiger partial charge in [0.25, 0.3) is 0 Å². The highest BCUT2D eigenvalue weighted by Gasteiger charge is 2.14. The first-order chi connectivity index (χ1) is 8.12. The molecule has 1 unspecified atom stereocenters. The number of methoxy groups -OCH3 is 2. The van der Waals surface area contributed by atoms with Gasteiger partial charge in [0, 0.05) is 6.04 Å². The van der Waals surface area contributed by atoms with Crippen LogP contribution in [0.2, 0.25) is 0 Å². The quantitative estimate of drug-likeness (QED) is 0.794. The summed E-state index contributed by atoms with van der Waals surface area (Å²) in [6, 6.07) is 5.88. The van der Waals surface area contributed by atoms with Crippen molar-refractivity contribution in [2.75, 3.05) is 20.8 Å². The second-order valence-electron chi connectivity index (χ2n) is 4.17. The monoisotopic (exact) mass is 239 g/mol. The minimum absolute atomic E-state index is 0.0493. The van der Waals surface area contributed by atoms with Gasteiger partial charge in [0.15, 0.2) is 11.5 Å². The number of rotatable bonds is 6. The molecule has 0 amide bonds. The van der Waals surface area contributed by atoms with E-state index in [1.165, 1.54) is 0 Å².